The van der Waals surface area contributed by atoms with Crippen molar-refractivity contribution in [3.05, 3.63) is 20.9 Å². The van der Waals surface area contributed by atoms with E-state index in [-0.39, 0.29) is 6.42 Å². The first-order chi connectivity index (χ1) is 9.19. The van der Waals surface area contributed by atoms with Crippen LogP contribution >= 0.6 is 11.3 Å². The highest BCUT2D eigenvalue weighted by Crippen LogP contribution is 2.29. The zero-order valence-corrected chi connectivity index (χ0v) is 13.0. The average Bonchev–Trinajstić information content (AvgIpc) is 2.62. The summed E-state index contributed by atoms with van der Waals surface area (Å²) in [7, 11) is 1.28. The van der Waals surface area contributed by atoms with Crippen LogP contribution in [0.15, 0.2) is 0 Å². The molecule has 5 nitrogen and oxygen atoms in total. The van der Waals surface area contributed by atoms with Gasteiger partial charge < -0.3 is 9.47 Å². The summed E-state index contributed by atoms with van der Waals surface area (Å²) in [5, 5.41) is 9.16. The molecule has 0 aliphatic heterocycles. The number of nitriles is 1. The molecule has 0 aromatic carbocycles. The quantitative estimate of drug-likeness (QED) is 0.801. The van der Waals surface area contributed by atoms with Gasteiger partial charge in [-0.3, -0.25) is 4.79 Å². The fraction of sp³-hybridized carbons (Fsp3) is 0.500. The van der Waals surface area contributed by atoms with Crippen molar-refractivity contribution in [1.29, 1.82) is 5.26 Å². The largest absolute Gasteiger partial charge is 0.465 e. The van der Waals surface area contributed by atoms with Crippen molar-refractivity contribution in [2.45, 2.75) is 39.7 Å². The molecule has 1 aromatic rings. The van der Waals surface area contributed by atoms with Crippen molar-refractivity contribution in [1.82, 2.24) is 0 Å². The highest BCUT2D eigenvalue weighted by atomic mass is 32.1. The van der Waals surface area contributed by atoms with Gasteiger partial charge in [0.2, 0.25) is 0 Å². The molecule has 0 aliphatic rings. The molecule has 0 unspecified atom stereocenters. The van der Waals surface area contributed by atoms with Crippen molar-refractivity contribution < 1.29 is 19.1 Å². The highest BCUT2D eigenvalue weighted by molar-refractivity contribution is 7.14. The number of esters is 2. The van der Waals surface area contributed by atoms with E-state index in [2.05, 4.69) is 4.74 Å². The van der Waals surface area contributed by atoms with E-state index >= 15 is 0 Å². The number of rotatable bonds is 3. The summed E-state index contributed by atoms with van der Waals surface area (Å²) >= 11 is 1.10. The van der Waals surface area contributed by atoms with Crippen LogP contribution in [0.1, 0.15) is 46.4 Å². The Bertz CT molecular complexity index is 575. The van der Waals surface area contributed by atoms with Gasteiger partial charge in [-0.15, -0.1) is 11.3 Å². The van der Waals surface area contributed by atoms with E-state index in [0.717, 1.165) is 11.3 Å². The predicted octanol–water partition coefficient (Wildman–Crippen LogP) is 2.60. The number of methoxy groups -OCH3 is 1. The van der Waals surface area contributed by atoms with Crippen LogP contribution in [0.3, 0.4) is 0 Å². The minimum Gasteiger partial charge on any atom is -0.465 e. The van der Waals surface area contributed by atoms with Crippen molar-refractivity contribution in [3.8, 4) is 6.07 Å². The summed E-state index contributed by atoms with van der Waals surface area (Å²) in [4.78, 5) is 24.3. The molecule has 0 radical (unpaired) electrons. The maximum Gasteiger partial charge on any atom is 0.348 e. The monoisotopic (exact) mass is 295 g/mol. The van der Waals surface area contributed by atoms with Gasteiger partial charge in [-0.05, 0) is 33.3 Å². The fourth-order valence-electron chi connectivity index (χ4n) is 1.64. The third-order valence-electron chi connectivity index (χ3n) is 2.43. The number of nitrogens with zero attached hydrogens (tertiary/aromatic N) is 1. The van der Waals surface area contributed by atoms with E-state index in [9.17, 15) is 9.59 Å². The SMILES string of the molecule is COC(=O)c1sc(CC(=O)OC(C)(C)C)c(C#N)c1C. The summed E-state index contributed by atoms with van der Waals surface area (Å²) in [6.45, 7) is 6.99. The van der Waals surface area contributed by atoms with Crippen molar-refractivity contribution in [2.24, 2.45) is 0 Å². The van der Waals surface area contributed by atoms with Gasteiger partial charge in [-0.25, -0.2) is 4.79 Å². The lowest BCUT2D eigenvalue weighted by Crippen LogP contribution is -2.24. The Hall–Kier alpha value is -1.87. The molecular weight excluding hydrogens is 278 g/mol. The molecule has 1 heterocycles. The molecule has 0 spiro atoms. The zero-order valence-electron chi connectivity index (χ0n) is 12.2. The Morgan fingerprint density at radius 3 is 2.40 bits per heavy atom. The highest BCUT2D eigenvalue weighted by Gasteiger charge is 2.24. The van der Waals surface area contributed by atoms with Crippen LogP contribution in [-0.2, 0) is 20.7 Å². The van der Waals surface area contributed by atoms with Gasteiger partial charge >= 0.3 is 11.9 Å². The number of ether oxygens (including phenoxy) is 2. The lowest BCUT2D eigenvalue weighted by molar-refractivity contribution is -0.153. The van der Waals surface area contributed by atoms with Crippen LogP contribution in [0.4, 0.5) is 0 Å². The minimum atomic E-state index is -0.582. The molecule has 108 valence electrons. The van der Waals surface area contributed by atoms with Crippen LogP contribution in [0, 0.1) is 18.3 Å². The van der Waals surface area contributed by atoms with E-state index in [4.69, 9.17) is 10.00 Å². The second-order valence-corrected chi connectivity index (χ2v) is 6.33. The molecule has 0 atom stereocenters. The molecule has 6 heteroatoms. The van der Waals surface area contributed by atoms with Crippen molar-refractivity contribution in [2.75, 3.05) is 7.11 Å². The average molecular weight is 295 g/mol. The van der Waals surface area contributed by atoms with Crippen LogP contribution in [0.2, 0.25) is 0 Å². The van der Waals surface area contributed by atoms with Gasteiger partial charge in [0.1, 0.15) is 16.5 Å². The first-order valence-electron chi connectivity index (χ1n) is 6.02. The van der Waals surface area contributed by atoms with E-state index in [1.54, 1.807) is 27.7 Å². The molecular formula is C14H17NO4S. The molecule has 0 aliphatic carbocycles. The molecule has 0 N–H and O–H groups in total. The lowest BCUT2D eigenvalue weighted by Gasteiger charge is -2.19. The minimum absolute atomic E-state index is 0.0251. The fourth-order valence-corrected chi connectivity index (χ4v) is 2.80. The van der Waals surface area contributed by atoms with Gasteiger partial charge in [0, 0.05) is 4.88 Å². The summed E-state index contributed by atoms with van der Waals surface area (Å²) in [5.41, 5.74) is 0.311. The molecule has 1 rings (SSSR count). The second kappa shape index (κ2) is 6.06. The van der Waals surface area contributed by atoms with Crippen LogP contribution in [0.25, 0.3) is 0 Å². The Balaban J connectivity index is 3.05. The normalized spacial score (nSPS) is 10.8. The lowest BCUT2D eigenvalue weighted by atomic mass is 10.1. The maximum absolute atomic E-state index is 11.8. The van der Waals surface area contributed by atoms with Crippen LogP contribution in [-0.4, -0.2) is 24.6 Å². The third-order valence-corrected chi connectivity index (χ3v) is 3.70. The maximum atomic E-state index is 11.8. The van der Waals surface area contributed by atoms with Crippen LogP contribution < -0.4 is 0 Å². The number of hydrogen-bond acceptors (Lipinski definition) is 6. The zero-order chi connectivity index (χ0) is 15.5. The number of carbonyl (C=O) groups excluding carboxylic acids is 2. The van der Waals surface area contributed by atoms with E-state index in [1.165, 1.54) is 7.11 Å². The molecule has 0 saturated carbocycles. The van der Waals surface area contributed by atoms with Gasteiger partial charge in [0.25, 0.3) is 0 Å². The van der Waals surface area contributed by atoms with E-state index in [1.807, 2.05) is 6.07 Å². The molecule has 0 fully saturated rings. The molecule has 0 bridgehead atoms. The summed E-state index contributed by atoms with van der Waals surface area (Å²) in [6.07, 6.45) is -0.0251. The Morgan fingerprint density at radius 1 is 1.35 bits per heavy atom. The third kappa shape index (κ3) is 3.81. The number of thiophene rings is 1. The van der Waals surface area contributed by atoms with E-state index in [0.29, 0.717) is 20.9 Å². The number of hydrogen-bond donors (Lipinski definition) is 0. The first kappa shape index (κ1) is 16.2. The molecule has 0 saturated heterocycles. The molecule has 1 aromatic heterocycles. The smallest absolute Gasteiger partial charge is 0.348 e. The summed E-state index contributed by atoms with van der Waals surface area (Å²) in [6, 6.07) is 2.03. The van der Waals surface area contributed by atoms with Gasteiger partial charge in [-0.1, -0.05) is 0 Å². The Kier molecular flexibility index (Phi) is 4.90. The standard InChI is InChI=1S/C14H17NO4S/c1-8-9(7-15)10(20-12(8)13(17)18-5)6-11(16)19-14(2,3)4/h6H2,1-5H3. The van der Waals surface area contributed by atoms with Gasteiger partial charge in [-0.2, -0.15) is 5.26 Å². The number of carbonyl (C=O) groups is 2. The summed E-state index contributed by atoms with van der Waals surface area (Å²) < 4.78 is 9.88. The van der Waals surface area contributed by atoms with Gasteiger partial charge in [0.15, 0.2) is 0 Å². The molecule has 0 amide bonds. The topological polar surface area (TPSA) is 76.4 Å². The van der Waals surface area contributed by atoms with Crippen molar-refractivity contribution >= 4 is 23.3 Å². The molecule has 20 heavy (non-hydrogen) atoms. The summed E-state index contributed by atoms with van der Waals surface area (Å²) in [5.74, 6) is -0.925. The van der Waals surface area contributed by atoms with Crippen molar-refractivity contribution in [3.63, 3.8) is 0 Å². The predicted molar refractivity (Wildman–Crippen MR) is 74.7 cm³/mol. The van der Waals surface area contributed by atoms with E-state index < -0.39 is 17.5 Å². The van der Waals surface area contributed by atoms with Crippen LogP contribution in [0.5, 0.6) is 0 Å². The second-order valence-electron chi connectivity index (χ2n) is 5.22. The van der Waals surface area contributed by atoms with Gasteiger partial charge in [0.05, 0.1) is 19.1 Å². The Labute approximate surface area is 122 Å². The Morgan fingerprint density at radius 2 is 1.95 bits per heavy atom. The first-order valence-corrected chi connectivity index (χ1v) is 6.83.